The van der Waals surface area contributed by atoms with E-state index >= 15 is 4.39 Å². The van der Waals surface area contributed by atoms with E-state index in [-0.39, 0.29) is 17.1 Å². The maximum atomic E-state index is 15.7. The first kappa shape index (κ1) is 20.3. The van der Waals surface area contributed by atoms with E-state index in [0.29, 0.717) is 48.0 Å². The smallest absolute Gasteiger partial charge is 0.246 e. The predicted octanol–water partition coefficient (Wildman–Crippen LogP) is 4.47. The number of rotatable bonds is 3. The van der Waals surface area contributed by atoms with Crippen molar-refractivity contribution in [1.82, 2.24) is 19.9 Å². The molecular formula is C24H19ClFN5O. The summed E-state index contributed by atoms with van der Waals surface area (Å²) < 4.78 is 15.7. The molecule has 0 atom stereocenters. The first-order chi connectivity index (χ1) is 15.6. The summed E-state index contributed by atoms with van der Waals surface area (Å²) in [5, 5.41) is 2.81. The number of piperazine rings is 1. The van der Waals surface area contributed by atoms with Gasteiger partial charge in [-0.25, -0.2) is 14.4 Å². The van der Waals surface area contributed by atoms with Gasteiger partial charge in [-0.05, 0) is 29.0 Å². The number of carbonyl (C=O) groups excluding carboxylic acids is 1. The van der Waals surface area contributed by atoms with Crippen molar-refractivity contribution in [1.29, 1.82) is 0 Å². The van der Waals surface area contributed by atoms with Gasteiger partial charge in [0.25, 0.3) is 0 Å². The van der Waals surface area contributed by atoms with Gasteiger partial charge in [0.1, 0.15) is 23.4 Å². The monoisotopic (exact) mass is 447 g/mol. The highest BCUT2D eigenvalue weighted by Gasteiger charge is 2.24. The molecule has 0 N–H and O–H groups in total. The van der Waals surface area contributed by atoms with E-state index < -0.39 is 5.82 Å². The lowest BCUT2D eigenvalue weighted by molar-refractivity contribution is -0.126. The highest BCUT2D eigenvalue weighted by Crippen LogP contribution is 2.35. The third-order valence-corrected chi connectivity index (χ3v) is 5.97. The molecule has 4 aromatic rings. The van der Waals surface area contributed by atoms with Crippen LogP contribution in [0.5, 0.6) is 0 Å². The second-order valence-electron chi connectivity index (χ2n) is 7.57. The average molecular weight is 448 g/mol. The Hall–Kier alpha value is -3.58. The molecule has 0 spiro atoms. The Bertz CT molecular complexity index is 1370. The van der Waals surface area contributed by atoms with E-state index in [1.54, 1.807) is 17.2 Å². The molecule has 0 unspecified atom stereocenters. The van der Waals surface area contributed by atoms with Gasteiger partial charge in [0.15, 0.2) is 5.82 Å². The lowest BCUT2D eigenvalue weighted by atomic mass is 10.0. The Morgan fingerprint density at radius 2 is 1.84 bits per heavy atom. The Labute approximate surface area is 189 Å². The predicted molar refractivity (Wildman–Crippen MR) is 124 cm³/mol. The number of hydrogen-bond acceptors (Lipinski definition) is 5. The first-order valence-corrected chi connectivity index (χ1v) is 10.6. The number of anilines is 1. The minimum Gasteiger partial charge on any atom is -0.352 e. The molecule has 0 saturated carbocycles. The van der Waals surface area contributed by atoms with Crippen molar-refractivity contribution < 1.29 is 9.18 Å². The van der Waals surface area contributed by atoms with Crippen molar-refractivity contribution in [2.24, 2.45) is 0 Å². The van der Waals surface area contributed by atoms with Gasteiger partial charge in [-0.2, -0.15) is 0 Å². The van der Waals surface area contributed by atoms with Crippen LogP contribution in [0.1, 0.15) is 0 Å². The van der Waals surface area contributed by atoms with Crippen molar-refractivity contribution in [3.63, 3.8) is 0 Å². The third-order valence-electron chi connectivity index (χ3n) is 5.75. The van der Waals surface area contributed by atoms with Crippen LogP contribution >= 0.6 is 11.6 Å². The van der Waals surface area contributed by atoms with Gasteiger partial charge >= 0.3 is 0 Å². The minimum absolute atomic E-state index is 0.0942. The summed E-state index contributed by atoms with van der Waals surface area (Å²) in [4.78, 5) is 28.7. The summed E-state index contributed by atoms with van der Waals surface area (Å²) in [5.74, 6) is -0.00283. The number of aromatic nitrogens is 3. The molecule has 8 heteroatoms. The fraction of sp³-hybridized carbons (Fsp3) is 0.167. The third kappa shape index (κ3) is 3.44. The largest absolute Gasteiger partial charge is 0.352 e. The zero-order chi connectivity index (χ0) is 22.2. The quantitative estimate of drug-likeness (QED) is 0.433. The molecular weight excluding hydrogens is 429 g/mol. The second kappa shape index (κ2) is 8.16. The zero-order valence-corrected chi connectivity index (χ0v) is 17.9. The lowest BCUT2D eigenvalue weighted by Crippen LogP contribution is -2.48. The molecule has 0 radical (unpaired) electrons. The highest BCUT2D eigenvalue weighted by atomic mass is 35.5. The summed E-state index contributed by atoms with van der Waals surface area (Å²) in [6.45, 7) is 5.77. The summed E-state index contributed by atoms with van der Waals surface area (Å²) in [5.41, 5.74) is 1.01. The first-order valence-electron chi connectivity index (χ1n) is 10.2. The molecule has 32 heavy (non-hydrogen) atoms. The fourth-order valence-electron chi connectivity index (χ4n) is 4.16. The molecule has 160 valence electrons. The van der Waals surface area contributed by atoms with Gasteiger partial charge < -0.3 is 9.80 Å². The Kier molecular flexibility index (Phi) is 5.19. The number of amides is 1. The van der Waals surface area contributed by atoms with Crippen LogP contribution in [0.2, 0.25) is 5.02 Å². The number of hydrogen-bond donors (Lipinski definition) is 0. The topological polar surface area (TPSA) is 62.2 Å². The molecule has 1 aliphatic rings. The molecule has 2 aromatic heterocycles. The van der Waals surface area contributed by atoms with E-state index in [1.165, 1.54) is 12.4 Å². The summed E-state index contributed by atoms with van der Waals surface area (Å²) >= 11 is 6.30. The van der Waals surface area contributed by atoms with E-state index in [0.717, 1.165) is 10.8 Å². The van der Waals surface area contributed by atoms with Crippen LogP contribution in [0, 0.1) is 5.82 Å². The number of pyridine rings is 1. The maximum absolute atomic E-state index is 15.7. The highest BCUT2D eigenvalue weighted by molar-refractivity contribution is 6.32. The van der Waals surface area contributed by atoms with Crippen LogP contribution in [0.25, 0.3) is 32.9 Å². The molecule has 1 saturated heterocycles. The standard InChI is InChI=1S/C24H19ClFN5O/c1-2-20(32)30-7-9-31(10-8-30)24-19-13-27-22(21(26)23(19)28-14-29-24)18-12-16(25)11-15-5-3-4-6-17(15)18/h2-6,11-14H,1,7-10H2. The van der Waals surface area contributed by atoms with Crippen LogP contribution in [-0.2, 0) is 4.79 Å². The maximum Gasteiger partial charge on any atom is 0.246 e. The number of carbonyl (C=O) groups is 1. The van der Waals surface area contributed by atoms with Crippen LogP contribution in [0.15, 0.2) is 61.6 Å². The summed E-state index contributed by atoms with van der Waals surface area (Å²) in [6.07, 6.45) is 4.29. The molecule has 6 nitrogen and oxygen atoms in total. The van der Waals surface area contributed by atoms with Gasteiger partial charge in [0.2, 0.25) is 5.91 Å². The van der Waals surface area contributed by atoms with Gasteiger partial charge in [-0.15, -0.1) is 0 Å². The molecule has 3 heterocycles. The minimum atomic E-state index is -0.515. The van der Waals surface area contributed by atoms with Gasteiger partial charge in [-0.1, -0.05) is 42.4 Å². The average Bonchev–Trinajstić information content (AvgIpc) is 2.83. The van der Waals surface area contributed by atoms with Gasteiger partial charge in [0, 0.05) is 43.0 Å². The van der Waals surface area contributed by atoms with Crippen LogP contribution in [-0.4, -0.2) is 51.9 Å². The summed E-state index contributed by atoms with van der Waals surface area (Å²) in [7, 11) is 0. The molecule has 5 rings (SSSR count). The number of fused-ring (bicyclic) bond motifs is 2. The van der Waals surface area contributed by atoms with E-state index in [1.807, 2.05) is 35.2 Å². The number of nitrogens with zero attached hydrogens (tertiary/aromatic N) is 5. The number of benzene rings is 2. The van der Waals surface area contributed by atoms with Crippen LogP contribution in [0.3, 0.4) is 0 Å². The molecule has 0 aliphatic carbocycles. The van der Waals surface area contributed by atoms with Gasteiger partial charge in [-0.3, -0.25) is 9.78 Å². The van der Waals surface area contributed by atoms with Crippen molar-refractivity contribution in [2.75, 3.05) is 31.1 Å². The zero-order valence-electron chi connectivity index (χ0n) is 17.1. The normalized spacial score (nSPS) is 14.2. The Balaban J connectivity index is 1.57. The van der Waals surface area contributed by atoms with E-state index in [4.69, 9.17) is 11.6 Å². The Morgan fingerprint density at radius 3 is 2.62 bits per heavy atom. The van der Waals surface area contributed by atoms with Crippen molar-refractivity contribution in [3.8, 4) is 11.3 Å². The van der Waals surface area contributed by atoms with Gasteiger partial charge in [0.05, 0.1) is 5.39 Å². The van der Waals surface area contributed by atoms with Crippen molar-refractivity contribution in [3.05, 3.63) is 72.4 Å². The lowest BCUT2D eigenvalue weighted by Gasteiger charge is -2.35. The second-order valence-corrected chi connectivity index (χ2v) is 8.01. The van der Waals surface area contributed by atoms with E-state index in [2.05, 4.69) is 21.5 Å². The molecule has 1 aliphatic heterocycles. The summed E-state index contributed by atoms with van der Waals surface area (Å²) in [6, 6.07) is 11.2. The fourth-order valence-corrected chi connectivity index (χ4v) is 4.38. The van der Waals surface area contributed by atoms with Crippen molar-refractivity contribution >= 4 is 45.0 Å². The molecule has 2 aromatic carbocycles. The molecule has 1 amide bonds. The van der Waals surface area contributed by atoms with Crippen LogP contribution < -0.4 is 4.90 Å². The number of halogens is 2. The SMILES string of the molecule is C=CC(=O)N1CCN(c2ncnc3c(F)c(-c4cc(Cl)cc5ccccc45)ncc23)CC1. The molecule has 0 bridgehead atoms. The van der Waals surface area contributed by atoms with Crippen LogP contribution in [0.4, 0.5) is 10.2 Å². The molecule has 1 fully saturated rings. The van der Waals surface area contributed by atoms with E-state index in [9.17, 15) is 4.79 Å². The van der Waals surface area contributed by atoms with Crippen molar-refractivity contribution in [2.45, 2.75) is 0 Å². The Morgan fingerprint density at radius 1 is 1.06 bits per heavy atom.